The highest BCUT2D eigenvalue weighted by Crippen LogP contribution is 2.30. The minimum Gasteiger partial charge on any atom is -0.437 e. The average Bonchev–Trinajstić information content (AvgIpc) is 2.75. The van der Waals surface area contributed by atoms with Crippen LogP contribution in [0.25, 0.3) is 0 Å². The maximum atomic E-state index is 11.6. The lowest BCUT2D eigenvalue weighted by atomic mass is 9.92. The highest BCUT2D eigenvalue weighted by molar-refractivity contribution is 5.73. The molecule has 2 saturated heterocycles. The van der Waals surface area contributed by atoms with E-state index in [0.717, 1.165) is 56.9 Å². The van der Waals surface area contributed by atoms with Crippen LogP contribution in [-0.2, 0) is 4.79 Å². The van der Waals surface area contributed by atoms with Crippen molar-refractivity contribution < 1.29 is 9.53 Å². The third-order valence-electron chi connectivity index (χ3n) is 5.89. The van der Waals surface area contributed by atoms with E-state index in [2.05, 4.69) is 9.88 Å². The molecule has 3 heterocycles. The molecule has 4 rings (SSSR count). The summed E-state index contributed by atoms with van der Waals surface area (Å²) in [7, 11) is 0. The number of rotatable bonds is 4. The second kappa shape index (κ2) is 8.69. The number of benzene rings is 1. The molecule has 1 unspecified atom stereocenters. The third kappa shape index (κ3) is 4.50. The molecule has 6 nitrogen and oxygen atoms in total. The Hall–Kier alpha value is -2.47. The van der Waals surface area contributed by atoms with E-state index in [1.54, 1.807) is 13.1 Å². The van der Waals surface area contributed by atoms with Crippen LogP contribution < -0.4 is 4.74 Å². The van der Waals surface area contributed by atoms with Gasteiger partial charge in [-0.05, 0) is 44.4 Å². The van der Waals surface area contributed by atoms with Crippen LogP contribution in [0.2, 0.25) is 0 Å². The Morgan fingerprint density at radius 1 is 1.07 bits per heavy atom. The Bertz CT molecular complexity index is 790. The van der Waals surface area contributed by atoms with Gasteiger partial charge in [-0.2, -0.15) is 0 Å². The van der Waals surface area contributed by atoms with Gasteiger partial charge in [0.05, 0.1) is 11.9 Å². The number of likely N-dealkylation sites (tertiary alicyclic amines) is 2. The molecular formula is C22H28N4O2. The van der Waals surface area contributed by atoms with E-state index >= 15 is 0 Å². The Kier molecular flexibility index (Phi) is 5.86. The highest BCUT2D eigenvalue weighted by atomic mass is 16.5. The first kappa shape index (κ1) is 18.9. The summed E-state index contributed by atoms with van der Waals surface area (Å²) in [5.41, 5.74) is 1.01. The van der Waals surface area contributed by atoms with Gasteiger partial charge < -0.3 is 9.64 Å². The average molecular weight is 380 g/mol. The molecule has 2 aromatic rings. The molecule has 1 atom stereocenters. The highest BCUT2D eigenvalue weighted by Gasteiger charge is 2.30. The zero-order chi connectivity index (χ0) is 19.3. The number of piperidine rings is 2. The summed E-state index contributed by atoms with van der Waals surface area (Å²) in [5, 5.41) is 0. The van der Waals surface area contributed by atoms with Crippen LogP contribution >= 0.6 is 0 Å². The number of nitrogens with zero attached hydrogens (tertiary/aromatic N) is 4. The molecule has 2 aliphatic rings. The lowest BCUT2D eigenvalue weighted by Gasteiger charge is -2.42. The largest absolute Gasteiger partial charge is 0.437 e. The molecule has 2 fully saturated rings. The summed E-state index contributed by atoms with van der Waals surface area (Å²) < 4.78 is 5.86. The SMILES string of the molecule is CC(=O)N1CCC(N2CCCC(c3cncc(Oc4ccccc4)n3)C2)CC1. The molecule has 1 aromatic carbocycles. The summed E-state index contributed by atoms with van der Waals surface area (Å²) in [4.78, 5) is 25.2. The van der Waals surface area contributed by atoms with Crippen molar-refractivity contribution in [3.8, 4) is 11.6 Å². The standard InChI is InChI=1S/C22H28N4O2/c1-17(27)25-12-9-19(10-13-25)26-11-5-6-18(16-26)21-14-23-15-22(24-21)28-20-7-3-2-4-8-20/h2-4,7-8,14-15,18-19H,5-6,9-13,16H2,1H3. The Morgan fingerprint density at radius 3 is 2.61 bits per heavy atom. The van der Waals surface area contributed by atoms with E-state index in [1.807, 2.05) is 41.4 Å². The van der Waals surface area contributed by atoms with Crippen molar-refractivity contribution in [3.05, 3.63) is 48.4 Å². The number of ether oxygens (including phenoxy) is 1. The predicted octanol–water partition coefficient (Wildman–Crippen LogP) is 3.46. The van der Waals surface area contributed by atoms with Crippen LogP contribution in [0.1, 0.15) is 44.2 Å². The second-order valence-corrected chi connectivity index (χ2v) is 7.77. The zero-order valence-electron chi connectivity index (χ0n) is 16.5. The van der Waals surface area contributed by atoms with Crippen molar-refractivity contribution in [2.24, 2.45) is 0 Å². The number of carbonyl (C=O) groups excluding carboxylic acids is 1. The maximum absolute atomic E-state index is 11.6. The monoisotopic (exact) mass is 380 g/mol. The molecule has 0 bridgehead atoms. The third-order valence-corrected chi connectivity index (χ3v) is 5.89. The molecule has 1 aromatic heterocycles. The number of amides is 1. The van der Waals surface area contributed by atoms with E-state index in [-0.39, 0.29) is 5.91 Å². The summed E-state index contributed by atoms with van der Waals surface area (Å²) in [6.45, 7) is 5.56. The predicted molar refractivity (Wildman–Crippen MR) is 107 cm³/mol. The Labute approximate surface area is 166 Å². The van der Waals surface area contributed by atoms with Crippen LogP contribution in [0.4, 0.5) is 0 Å². The smallest absolute Gasteiger partial charge is 0.238 e. The molecule has 2 aliphatic heterocycles. The van der Waals surface area contributed by atoms with Crippen molar-refractivity contribution in [3.63, 3.8) is 0 Å². The van der Waals surface area contributed by atoms with Gasteiger partial charge in [0.2, 0.25) is 11.8 Å². The van der Waals surface area contributed by atoms with Crippen LogP contribution in [0, 0.1) is 0 Å². The van der Waals surface area contributed by atoms with Gasteiger partial charge in [0.15, 0.2) is 0 Å². The van der Waals surface area contributed by atoms with Crippen LogP contribution in [-0.4, -0.2) is 57.9 Å². The van der Waals surface area contributed by atoms with Crippen molar-refractivity contribution in [2.45, 2.75) is 44.6 Å². The number of aromatic nitrogens is 2. The Morgan fingerprint density at radius 2 is 1.86 bits per heavy atom. The molecule has 28 heavy (non-hydrogen) atoms. The van der Waals surface area contributed by atoms with Gasteiger partial charge in [-0.25, -0.2) is 4.98 Å². The Balaban J connectivity index is 1.39. The second-order valence-electron chi connectivity index (χ2n) is 7.77. The quantitative estimate of drug-likeness (QED) is 0.813. The van der Waals surface area contributed by atoms with Gasteiger partial charge in [-0.15, -0.1) is 0 Å². The fraction of sp³-hybridized carbons (Fsp3) is 0.500. The maximum Gasteiger partial charge on any atom is 0.238 e. The van der Waals surface area contributed by atoms with Gasteiger partial charge in [0, 0.05) is 44.7 Å². The van der Waals surface area contributed by atoms with Gasteiger partial charge in [0.1, 0.15) is 5.75 Å². The fourth-order valence-electron chi connectivity index (χ4n) is 4.34. The molecule has 6 heteroatoms. The van der Waals surface area contributed by atoms with E-state index in [1.165, 1.54) is 6.42 Å². The molecule has 0 saturated carbocycles. The van der Waals surface area contributed by atoms with E-state index < -0.39 is 0 Å². The summed E-state index contributed by atoms with van der Waals surface area (Å²) in [6, 6.07) is 10.3. The molecule has 0 aliphatic carbocycles. The molecule has 148 valence electrons. The normalized spacial score (nSPS) is 21.5. The fourth-order valence-corrected chi connectivity index (χ4v) is 4.34. The molecule has 1 amide bonds. The van der Waals surface area contributed by atoms with Gasteiger partial charge >= 0.3 is 0 Å². The zero-order valence-corrected chi connectivity index (χ0v) is 16.5. The van der Waals surface area contributed by atoms with Crippen molar-refractivity contribution in [2.75, 3.05) is 26.2 Å². The lowest BCUT2D eigenvalue weighted by molar-refractivity contribution is -0.130. The van der Waals surface area contributed by atoms with Crippen molar-refractivity contribution >= 4 is 5.91 Å². The van der Waals surface area contributed by atoms with Crippen molar-refractivity contribution in [1.29, 1.82) is 0 Å². The van der Waals surface area contributed by atoms with Crippen LogP contribution in [0.3, 0.4) is 0 Å². The topological polar surface area (TPSA) is 58.6 Å². The first-order chi connectivity index (χ1) is 13.7. The lowest BCUT2D eigenvalue weighted by Crippen LogP contribution is -2.49. The minimum absolute atomic E-state index is 0.195. The van der Waals surface area contributed by atoms with Gasteiger partial charge in [-0.1, -0.05) is 18.2 Å². The minimum atomic E-state index is 0.195. The molecule has 0 radical (unpaired) electrons. The van der Waals surface area contributed by atoms with Gasteiger partial charge in [0.25, 0.3) is 0 Å². The first-order valence-corrected chi connectivity index (χ1v) is 10.2. The summed E-state index contributed by atoms with van der Waals surface area (Å²) in [6.07, 6.45) is 7.98. The molecule has 0 spiro atoms. The summed E-state index contributed by atoms with van der Waals surface area (Å²) in [5.74, 6) is 1.90. The van der Waals surface area contributed by atoms with E-state index in [4.69, 9.17) is 9.72 Å². The number of hydrogen-bond donors (Lipinski definition) is 0. The van der Waals surface area contributed by atoms with Crippen LogP contribution in [0.5, 0.6) is 11.6 Å². The molecular weight excluding hydrogens is 352 g/mol. The van der Waals surface area contributed by atoms with E-state index in [9.17, 15) is 4.79 Å². The van der Waals surface area contributed by atoms with Gasteiger partial charge in [-0.3, -0.25) is 14.7 Å². The number of carbonyl (C=O) groups is 1. The first-order valence-electron chi connectivity index (χ1n) is 10.2. The number of hydrogen-bond acceptors (Lipinski definition) is 5. The number of para-hydroxylation sites is 1. The molecule has 0 N–H and O–H groups in total. The van der Waals surface area contributed by atoms with E-state index in [0.29, 0.717) is 17.8 Å². The van der Waals surface area contributed by atoms with Crippen LogP contribution in [0.15, 0.2) is 42.7 Å². The van der Waals surface area contributed by atoms with Crippen molar-refractivity contribution in [1.82, 2.24) is 19.8 Å². The summed E-state index contributed by atoms with van der Waals surface area (Å²) >= 11 is 0.